The maximum atomic E-state index is 12.1. The van der Waals surface area contributed by atoms with Gasteiger partial charge in [0.05, 0.1) is 38.2 Å². The van der Waals surface area contributed by atoms with E-state index in [4.69, 9.17) is 9.47 Å². The van der Waals surface area contributed by atoms with E-state index >= 15 is 0 Å². The van der Waals surface area contributed by atoms with E-state index in [9.17, 15) is 19.7 Å². The Labute approximate surface area is 120 Å². The third kappa shape index (κ3) is 3.91. The highest BCUT2D eigenvalue weighted by molar-refractivity contribution is 6.00. The molecular weight excluding hydrogens is 282 g/mol. The Balaban J connectivity index is 3.15. The van der Waals surface area contributed by atoms with E-state index in [1.807, 2.05) is 0 Å². The van der Waals surface area contributed by atoms with E-state index in [-0.39, 0.29) is 35.6 Å². The first kappa shape index (κ1) is 16.4. The Morgan fingerprint density at radius 3 is 2.19 bits per heavy atom. The molecule has 0 bridgehead atoms. The largest absolute Gasteiger partial charge is 0.496 e. The molecule has 1 aromatic rings. The van der Waals surface area contributed by atoms with Crippen molar-refractivity contribution in [2.75, 3.05) is 21.3 Å². The summed E-state index contributed by atoms with van der Waals surface area (Å²) in [5.41, 5.74) is -0.325. The molecule has 0 saturated heterocycles. The summed E-state index contributed by atoms with van der Waals surface area (Å²) in [6.45, 7) is 0. The molecule has 0 aliphatic rings. The van der Waals surface area contributed by atoms with Crippen molar-refractivity contribution >= 4 is 17.4 Å². The van der Waals surface area contributed by atoms with E-state index in [2.05, 4.69) is 4.74 Å². The lowest BCUT2D eigenvalue weighted by molar-refractivity contribution is -0.385. The van der Waals surface area contributed by atoms with Crippen LogP contribution in [0.4, 0.5) is 5.69 Å². The summed E-state index contributed by atoms with van der Waals surface area (Å²) in [5.74, 6) is -0.859. The average Bonchev–Trinajstić information content (AvgIpc) is 2.50. The number of carbonyl (C=O) groups is 2. The monoisotopic (exact) mass is 297 g/mol. The zero-order valence-corrected chi connectivity index (χ0v) is 11.9. The normalized spacial score (nSPS) is 9.86. The van der Waals surface area contributed by atoms with Gasteiger partial charge in [-0.05, 0) is 0 Å². The average molecular weight is 297 g/mol. The smallest absolute Gasteiger partial charge is 0.311 e. The van der Waals surface area contributed by atoms with Crippen LogP contribution in [0.15, 0.2) is 12.1 Å². The first-order valence-electron chi connectivity index (χ1n) is 5.95. The fourth-order valence-electron chi connectivity index (χ4n) is 1.70. The molecule has 0 spiro atoms. The Morgan fingerprint density at radius 2 is 1.71 bits per heavy atom. The van der Waals surface area contributed by atoms with Crippen LogP contribution < -0.4 is 9.47 Å². The highest BCUT2D eigenvalue weighted by Crippen LogP contribution is 2.35. The number of carbonyl (C=O) groups excluding carboxylic acids is 2. The quantitative estimate of drug-likeness (QED) is 0.326. The lowest BCUT2D eigenvalue weighted by Gasteiger charge is -2.10. The van der Waals surface area contributed by atoms with Gasteiger partial charge < -0.3 is 14.2 Å². The minimum atomic E-state index is -0.657. The van der Waals surface area contributed by atoms with Gasteiger partial charge in [0.25, 0.3) is 0 Å². The second-order valence-electron chi connectivity index (χ2n) is 3.98. The molecule has 114 valence electrons. The molecule has 1 aromatic carbocycles. The van der Waals surface area contributed by atoms with Crippen LogP contribution in [-0.2, 0) is 9.53 Å². The van der Waals surface area contributed by atoms with E-state index in [0.717, 1.165) is 6.07 Å². The standard InChI is InChI=1S/C13H15NO7/c1-19-11-7-12(20-2)9(14(17)18)6-8(11)10(15)4-5-13(16)21-3/h6-7H,4-5H2,1-3H3. The number of methoxy groups -OCH3 is 3. The molecule has 0 aliphatic carbocycles. The number of ketones is 1. The van der Waals surface area contributed by atoms with Crippen molar-refractivity contribution in [1.82, 2.24) is 0 Å². The van der Waals surface area contributed by atoms with Crippen molar-refractivity contribution in [2.45, 2.75) is 12.8 Å². The maximum Gasteiger partial charge on any atom is 0.311 e. The number of nitro groups is 1. The summed E-state index contributed by atoms with van der Waals surface area (Å²) in [4.78, 5) is 33.4. The molecule has 0 aliphatic heterocycles. The molecule has 0 heterocycles. The van der Waals surface area contributed by atoms with Gasteiger partial charge in [-0.3, -0.25) is 19.7 Å². The van der Waals surface area contributed by atoms with Crippen molar-refractivity contribution in [3.8, 4) is 11.5 Å². The van der Waals surface area contributed by atoms with Gasteiger partial charge in [-0.2, -0.15) is 0 Å². The maximum absolute atomic E-state index is 12.1. The van der Waals surface area contributed by atoms with E-state index < -0.39 is 16.7 Å². The van der Waals surface area contributed by atoms with E-state index in [1.165, 1.54) is 27.4 Å². The minimum Gasteiger partial charge on any atom is -0.496 e. The molecule has 0 fully saturated rings. The molecule has 8 nitrogen and oxygen atoms in total. The number of esters is 1. The first-order valence-corrected chi connectivity index (χ1v) is 5.95. The molecule has 0 atom stereocenters. The van der Waals surface area contributed by atoms with Gasteiger partial charge in [-0.1, -0.05) is 0 Å². The summed E-state index contributed by atoms with van der Waals surface area (Å²) < 4.78 is 14.4. The van der Waals surface area contributed by atoms with Gasteiger partial charge in [0, 0.05) is 18.6 Å². The summed E-state index contributed by atoms with van der Waals surface area (Å²) in [6.07, 6.45) is -0.245. The molecule has 0 saturated carbocycles. The van der Waals surface area contributed by atoms with E-state index in [0.29, 0.717) is 0 Å². The second-order valence-corrected chi connectivity index (χ2v) is 3.98. The molecule has 0 unspecified atom stereocenters. The van der Waals surface area contributed by atoms with Crippen LogP contribution in [0.2, 0.25) is 0 Å². The summed E-state index contributed by atoms with van der Waals surface area (Å²) in [7, 11) is 3.82. The number of hydrogen-bond acceptors (Lipinski definition) is 7. The Hall–Kier alpha value is -2.64. The van der Waals surface area contributed by atoms with Gasteiger partial charge >= 0.3 is 11.7 Å². The summed E-state index contributed by atoms with van der Waals surface area (Å²) in [5, 5.41) is 11.0. The molecule has 0 N–H and O–H groups in total. The molecule has 0 amide bonds. The molecule has 0 aromatic heterocycles. The fourth-order valence-corrected chi connectivity index (χ4v) is 1.70. The number of ether oxygens (including phenoxy) is 3. The Bertz CT molecular complexity index is 568. The molecular formula is C13H15NO7. The summed E-state index contributed by atoms with van der Waals surface area (Å²) in [6, 6.07) is 2.35. The highest BCUT2D eigenvalue weighted by Gasteiger charge is 2.23. The van der Waals surface area contributed by atoms with Crippen LogP contribution in [0.25, 0.3) is 0 Å². The highest BCUT2D eigenvalue weighted by atomic mass is 16.6. The van der Waals surface area contributed by atoms with Gasteiger partial charge in [0.2, 0.25) is 5.75 Å². The van der Waals surface area contributed by atoms with Crippen molar-refractivity contribution in [3.63, 3.8) is 0 Å². The van der Waals surface area contributed by atoms with Crippen molar-refractivity contribution < 1.29 is 28.7 Å². The van der Waals surface area contributed by atoms with Crippen LogP contribution in [-0.4, -0.2) is 38.0 Å². The third-order valence-corrected chi connectivity index (χ3v) is 2.78. The SMILES string of the molecule is COC(=O)CCC(=O)c1cc([N+](=O)[O-])c(OC)cc1OC. The van der Waals surface area contributed by atoms with Gasteiger partial charge in [0.1, 0.15) is 5.75 Å². The van der Waals surface area contributed by atoms with Crippen LogP contribution >= 0.6 is 0 Å². The van der Waals surface area contributed by atoms with Gasteiger partial charge in [-0.25, -0.2) is 0 Å². The van der Waals surface area contributed by atoms with E-state index in [1.54, 1.807) is 0 Å². The third-order valence-electron chi connectivity index (χ3n) is 2.78. The Kier molecular flexibility index (Phi) is 5.65. The zero-order chi connectivity index (χ0) is 16.0. The van der Waals surface area contributed by atoms with Crippen LogP contribution in [0.1, 0.15) is 23.2 Å². The lowest BCUT2D eigenvalue weighted by atomic mass is 10.0. The molecule has 1 rings (SSSR count). The topological polar surface area (TPSA) is 105 Å². The number of Topliss-reactive ketones (excluding diaryl/α,β-unsaturated/α-hetero) is 1. The lowest BCUT2D eigenvalue weighted by Crippen LogP contribution is -2.08. The number of hydrogen-bond donors (Lipinski definition) is 0. The molecule has 0 radical (unpaired) electrons. The number of nitrogens with zero attached hydrogens (tertiary/aromatic N) is 1. The predicted octanol–water partition coefficient (Wildman–Crippen LogP) is 1.75. The number of rotatable bonds is 7. The number of benzene rings is 1. The second kappa shape index (κ2) is 7.22. The fraction of sp³-hybridized carbons (Fsp3) is 0.385. The zero-order valence-electron chi connectivity index (χ0n) is 11.9. The molecule has 21 heavy (non-hydrogen) atoms. The first-order chi connectivity index (χ1) is 9.94. The van der Waals surface area contributed by atoms with Crippen molar-refractivity contribution in [2.24, 2.45) is 0 Å². The summed E-state index contributed by atoms with van der Waals surface area (Å²) >= 11 is 0. The van der Waals surface area contributed by atoms with Crippen LogP contribution in [0.5, 0.6) is 11.5 Å². The number of nitro benzene ring substituents is 1. The van der Waals surface area contributed by atoms with Gasteiger partial charge in [0.15, 0.2) is 5.78 Å². The molecule has 8 heteroatoms. The predicted molar refractivity (Wildman–Crippen MR) is 71.8 cm³/mol. The van der Waals surface area contributed by atoms with Gasteiger partial charge in [-0.15, -0.1) is 0 Å². The van der Waals surface area contributed by atoms with Crippen molar-refractivity contribution in [3.05, 3.63) is 27.8 Å². The Morgan fingerprint density at radius 1 is 1.10 bits per heavy atom. The van der Waals surface area contributed by atoms with Crippen molar-refractivity contribution in [1.29, 1.82) is 0 Å². The van der Waals surface area contributed by atoms with Crippen LogP contribution in [0.3, 0.4) is 0 Å². The van der Waals surface area contributed by atoms with Crippen LogP contribution in [0, 0.1) is 10.1 Å². The minimum absolute atomic E-state index is 0.0126.